The van der Waals surface area contributed by atoms with Gasteiger partial charge in [0.2, 0.25) is 5.89 Å². The molecule has 0 aliphatic rings. The molecule has 0 amide bonds. The van der Waals surface area contributed by atoms with E-state index in [1.54, 1.807) is 13.8 Å². The fraction of sp³-hybridized carbons (Fsp3) is 0.308. The number of nitrogens with zero attached hydrogens (tertiary/aromatic N) is 1. The van der Waals surface area contributed by atoms with Gasteiger partial charge in [-0.3, -0.25) is 0 Å². The number of aryl methyl sites for hydroxylation is 2. The van der Waals surface area contributed by atoms with Gasteiger partial charge in [-0.15, -0.1) is 0 Å². The molecule has 0 spiro atoms. The van der Waals surface area contributed by atoms with Crippen LogP contribution in [0.5, 0.6) is 0 Å². The Kier molecular flexibility index (Phi) is 3.94. The van der Waals surface area contributed by atoms with E-state index in [0.717, 1.165) is 17.8 Å². The SMILES string of the molecule is Cc1nc(CNc2cc(Cl)cc(C(F)(F)F)c2)oc1C. The summed E-state index contributed by atoms with van der Waals surface area (Å²) in [4.78, 5) is 4.13. The molecule has 1 aromatic heterocycles. The van der Waals surface area contributed by atoms with Crippen LogP contribution in [-0.2, 0) is 12.7 Å². The molecule has 2 aromatic rings. The monoisotopic (exact) mass is 304 g/mol. The smallest absolute Gasteiger partial charge is 0.416 e. The maximum absolute atomic E-state index is 12.7. The quantitative estimate of drug-likeness (QED) is 0.902. The lowest BCUT2D eigenvalue weighted by molar-refractivity contribution is -0.137. The zero-order valence-corrected chi connectivity index (χ0v) is 11.6. The highest BCUT2D eigenvalue weighted by Crippen LogP contribution is 2.33. The molecule has 7 heteroatoms. The van der Waals surface area contributed by atoms with Gasteiger partial charge in [-0.05, 0) is 32.0 Å². The lowest BCUT2D eigenvalue weighted by atomic mass is 10.2. The predicted molar refractivity (Wildman–Crippen MR) is 69.8 cm³/mol. The van der Waals surface area contributed by atoms with Crippen molar-refractivity contribution in [3.05, 3.63) is 46.1 Å². The third-order valence-corrected chi connectivity index (χ3v) is 2.96. The summed E-state index contributed by atoms with van der Waals surface area (Å²) in [7, 11) is 0. The molecule has 0 unspecified atom stereocenters. The van der Waals surface area contributed by atoms with E-state index in [0.29, 0.717) is 11.7 Å². The van der Waals surface area contributed by atoms with Gasteiger partial charge >= 0.3 is 6.18 Å². The van der Waals surface area contributed by atoms with E-state index in [1.807, 2.05) is 0 Å². The summed E-state index contributed by atoms with van der Waals surface area (Å²) in [6.45, 7) is 3.75. The minimum atomic E-state index is -4.43. The van der Waals surface area contributed by atoms with Crippen molar-refractivity contribution in [2.24, 2.45) is 0 Å². The van der Waals surface area contributed by atoms with E-state index in [1.165, 1.54) is 6.07 Å². The van der Waals surface area contributed by atoms with Crippen molar-refractivity contribution in [2.45, 2.75) is 26.6 Å². The normalized spacial score (nSPS) is 11.7. The molecule has 0 bridgehead atoms. The van der Waals surface area contributed by atoms with E-state index in [4.69, 9.17) is 16.0 Å². The fourth-order valence-electron chi connectivity index (χ4n) is 1.65. The van der Waals surface area contributed by atoms with Gasteiger partial charge in [0.25, 0.3) is 0 Å². The Bertz CT molecular complexity index is 603. The molecular weight excluding hydrogens is 293 g/mol. The van der Waals surface area contributed by atoms with Gasteiger partial charge in [-0.2, -0.15) is 13.2 Å². The van der Waals surface area contributed by atoms with Crippen LogP contribution in [0.4, 0.5) is 18.9 Å². The van der Waals surface area contributed by atoms with Crippen LogP contribution < -0.4 is 5.32 Å². The first-order valence-electron chi connectivity index (χ1n) is 5.80. The largest absolute Gasteiger partial charge is 0.444 e. The van der Waals surface area contributed by atoms with Gasteiger partial charge < -0.3 is 9.73 Å². The number of oxazole rings is 1. The van der Waals surface area contributed by atoms with Crippen molar-refractivity contribution in [3.63, 3.8) is 0 Å². The van der Waals surface area contributed by atoms with Gasteiger partial charge in [0.1, 0.15) is 5.76 Å². The van der Waals surface area contributed by atoms with Gasteiger partial charge in [-0.25, -0.2) is 4.98 Å². The molecular formula is C13H12ClF3N2O. The Morgan fingerprint density at radius 1 is 1.25 bits per heavy atom. The van der Waals surface area contributed by atoms with E-state index in [-0.39, 0.29) is 17.3 Å². The predicted octanol–water partition coefficient (Wildman–Crippen LogP) is 4.58. The van der Waals surface area contributed by atoms with Crippen LogP contribution in [0.1, 0.15) is 22.9 Å². The number of halogens is 4. The molecule has 0 saturated carbocycles. The summed E-state index contributed by atoms with van der Waals surface area (Å²) in [6, 6.07) is 3.29. The Morgan fingerprint density at radius 3 is 2.50 bits per heavy atom. The highest BCUT2D eigenvalue weighted by atomic mass is 35.5. The number of aromatic nitrogens is 1. The second kappa shape index (κ2) is 5.36. The number of hydrogen-bond donors (Lipinski definition) is 1. The van der Waals surface area contributed by atoms with Gasteiger partial charge in [0, 0.05) is 10.7 Å². The first-order valence-corrected chi connectivity index (χ1v) is 6.18. The van der Waals surface area contributed by atoms with Crippen LogP contribution >= 0.6 is 11.6 Å². The number of nitrogens with one attached hydrogen (secondary N) is 1. The Hall–Kier alpha value is -1.69. The van der Waals surface area contributed by atoms with Crippen molar-refractivity contribution in [1.29, 1.82) is 0 Å². The summed E-state index contributed by atoms with van der Waals surface area (Å²) in [5, 5.41) is 2.83. The maximum Gasteiger partial charge on any atom is 0.416 e. The minimum Gasteiger partial charge on any atom is -0.444 e. The molecule has 2 rings (SSSR count). The third kappa shape index (κ3) is 3.45. The molecule has 1 heterocycles. The molecule has 0 fully saturated rings. The van der Waals surface area contributed by atoms with Crippen LogP contribution in [0.3, 0.4) is 0 Å². The number of alkyl halides is 3. The standard InChI is InChI=1S/C13H12ClF3N2O/c1-7-8(2)20-12(19-7)6-18-11-4-9(13(15,16)17)3-10(14)5-11/h3-5,18H,6H2,1-2H3. The maximum atomic E-state index is 12.7. The van der Waals surface area contributed by atoms with Crippen LogP contribution in [0.2, 0.25) is 5.02 Å². The lowest BCUT2D eigenvalue weighted by Crippen LogP contribution is -2.07. The molecule has 20 heavy (non-hydrogen) atoms. The van der Waals surface area contributed by atoms with Crippen molar-refractivity contribution in [3.8, 4) is 0 Å². The molecule has 1 N–H and O–H groups in total. The first-order chi connectivity index (χ1) is 9.25. The van der Waals surface area contributed by atoms with E-state index >= 15 is 0 Å². The lowest BCUT2D eigenvalue weighted by Gasteiger charge is -2.10. The van der Waals surface area contributed by atoms with Crippen LogP contribution in [0, 0.1) is 13.8 Å². The van der Waals surface area contributed by atoms with Crippen LogP contribution in [0.15, 0.2) is 22.6 Å². The molecule has 3 nitrogen and oxygen atoms in total. The van der Waals surface area contributed by atoms with Crippen LogP contribution in [0.25, 0.3) is 0 Å². The number of anilines is 1. The van der Waals surface area contributed by atoms with Crippen molar-refractivity contribution in [2.75, 3.05) is 5.32 Å². The average Bonchev–Trinajstić information content (AvgIpc) is 2.65. The molecule has 0 radical (unpaired) electrons. The summed E-state index contributed by atoms with van der Waals surface area (Å²) < 4.78 is 43.3. The Labute approximate surface area is 118 Å². The molecule has 0 aliphatic heterocycles. The summed E-state index contributed by atoms with van der Waals surface area (Å²) in [5.41, 5.74) is 0.217. The summed E-state index contributed by atoms with van der Waals surface area (Å²) >= 11 is 5.69. The fourth-order valence-corrected chi connectivity index (χ4v) is 1.88. The molecule has 108 valence electrons. The molecule has 0 aliphatic carbocycles. The Balaban J connectivity index is 2.15. The second-order valence-electron chi connectivity index (χ2n) is 4.33. The molecule has 0 saturated heterocycles. The zero-order valence-electron chi connectivity index (χ0n) is 10.8. The number of benzene rings is 1. The second-order valence-corrected chi connectivity index (χ2v) is 4.77. The van der Waals surface area contributed by atoms with Crippen LogP contribution in [-0.4, -0.2) is 4.98 Å². The van der Waals surface area contributed by atoms with Gasteiger partial charge in [0.05, 0.1) is 17.8 Å². The highest BCUT2D eigenvalue weighted by molar-refractivity contribution is 6.30. The van der Waals surface area contributed by atoms with E-state index in [9.17, 15) is 13.2 Å². The average molecular weight is 305 g/mol. The van der Waals surface area contributed by atoms with Crippen molar-refractivity contribution in [1.82, 2.24) is 4.98 Å². The zero-order chi connectivity index (χ0) is 14.9. The van der Waals surface area contributed by atoms with E-state index in [2.05, 4.69) is 10.3 Å². The number of hydrogen-bond acceptors (Lipinski definition) is 3. The first kappa shape index (κ1) is 14.7. The topological polar surface area (TPSA) is 38.1 Å². The molecule has 1 aromatic carbocycles. The Morgan fingerprint density at radius 2 is 1.95 bits per heavy atom. The van der Waals surface area contributed by atoms with E-state index < -0.39 is 11.7 Å². The van der Waals surface area contributed by atoms with Gasteiger partial charge in [0.15, 0.2) is 0 Å². The molecule has 0 atom stereocenters. The summed E-state index contributed by atoms with van der Waals surface area (Å²) in [6.07, 6.45) is -4.43. The third-order valence-electron chi connectivity index (χ3n) is 2.74. The minimum absolute atomic E-state index is 0.0158. The highest BCUT2D eigenvalue weighted by Gasteiger charge is 2.31. The van der Waals surface area contributed by atoms with Gasteiger partial charge in [-0.1, -0.05) is 11.6 Å². The number of rotatable bonds is 3. The van der Waals surface area contributed by atoms with Crippen molar-refractivity contribution >= 4 is 17.3 Å². The van der Waals surface area contributed by atoms with Crippen molar-refractivity contribution < 1.29 is 17.6 Å². The summed E-state index contributed by atoms with van der Waals surface area (Å²) in [5.74, 6) is 1.09.